The van der Waals surface area contributed by atoms with Crippen molar-refractivity contribution in [1.82, 2.24) is 0 Å². The lowest BCUT2D eigenvalue weighted by molar-refractivity contribution is -0.143. The molecule has 2 atom stereocenters. The zero-order valence-electron chi connectivity index (χ0n) is 11.5. The lowest BCUT2D eigenvalue weighted by atomic mass is 9.81. The molecule has 0 bridgehead atoms. The van der Waals surface area contributed by atoms with Gasteiger partial charge in [0, 0.05) is 10.8 Å². The molecule has 108 valence electrons. The van der Waals surface area contributed by atoms with Gasteiger partial charge in [-0.3, -0.25) is 9.59 Å². The fourth-order valence-corrected chi connectivity index (χ4v) is 3.19. The van der Waals surface area contributed by atoms with Gasteiger partial charge in [-0.05, 0) is 37.7 Å². The Balaban J connectivity index is 2.02. The lowest BCUT2D eigenvalue weighted by Gasteiger charge is -2.26. The molecule has 1 saturated carbocycles. The largest absolute Gasteiger partial charge is 0.481 e. The van der Waals surface area contributed by atoms with E-state index in [2.05, 4.69) is 5.32 Å². The van der Waals surface area contributed by atoms with Crippen molar-refractivity contribution >= 4 is 29.3 Å². The molecule has 1 aliphatic carbocycles. The summed E-state index contributed by atoms with van der Waals surface area (Å²) in [4.78, 5) is 24.4. The van der Waals surface area contributed by atoms with Gasteiger partial charge in [-0.1, -0.05) is 18.6 Å². The van der Waals surface area contributed by atoms with E-state index < -0.39 is 5.97 Å². The summed E-state index contributed by atoms with van der Waals surface area (Å²) in [7, 11) is 0. The van der Waals surface area contributed by atoms with E-state index in [0.29, 0.717) is 12.8 Å². The van der Waals surface area contributed by atoms with Crippen molar-refractivity contribution in [2.75, 3.05) is 11.6 Å². The molecule has 1 amide bonds. The minimum atomic E-state index is -0.785. The van der Waals surface area contributed by atoms with Crippen LogP contribution in [0.15, 0.2) is 29.2 Å². The van der Waals surface area contributed by atoms with Gasteiger partial charge in [-0.2, -0.15) is 0 Å². The summed E-state index contributed by atoms with van der Waals surface area (Å²) in [6.07, 6.45) is 4.67. The van der Waals surface area contributed by atoms with Crippen LogP contribution in [-0.4, -0.2) is 23.2 Å². The molecular weight excluding hydrogens is 274 g/mol. The first kappa shape index (κ1) is 14.9. The Morgan fingerprint density at radius 3 is 2.65 bits per heavy atom. The van der Waals surface area contributed by atoms with E-state index in [1.165, 1.54) is 0 Å². The number of carbonyl (C=O) groups is 2. The van der Waals surface area contributed by atoms with Crippen molar-refractivity contribution in [1.29, 1.82) is 0 Å². The van der Waals surface area contributed by atoms with Crippen LogP contribution in [0.4, 0.5) is 5.69 Å². The number of nitrogens with one attached hydrogen (secondary N) is 1. The smallest absolute Gasteiger partial charge is 0.306 e. The molecule has 1 aromatic carbocycles. The summed E-state index contributed by atoms with van der Waals surface area (Å²) in [6.45, 7) is 0. The quantitative estimate of drug-likeness (QED) is 0.836. The van der Waals surface area contributed by atoms with Crippen molar-refractivity contribution < 1.29 is 14.7 Å². The molecule has 5 heteroatoms. The summed E-state index contributed by atoms with van der Waals surface area (Å²) in [5.41, 5.74) is 0.808. The van der Waals surface area contributed by atoms with Crippen LogP contribution < -0.4 is 5.32 Å². The average Bonchev–Trinajstić information content (AvgIpc) is 2.48. The zero-order valence-corrected chi connectivity index (χ0v) is 12.3. The normalized spacial score (nSPS) is 22.2. The first-order chi connectivity index (χ1) is 9.61. The molecule has 0 aliphatic heterocycles. The summed E-state index contributed by atoms with van der Waals surface area (Å²) < 4.78 is 0. The van der Waals surface area contributed by atoms with Gasteiger partial charge in [-0.25, -0.2) is 0 Å². The number of carboxylic acid groups (broad SMARTS) is 1. The predicted octanol–water partition coefficient (Wildman–Crippen LogP) is 3.24. The Morgan fingerprint density at radius 1 is 1.25 bits per heavy atom. The van der Waals surface area contributed by atoms with Gasteiger partial charge in [0.05, 0.1) is 11.6 Å². The third-order valence-corrected chi connectivity index (χ3v) is 4.55. The van der Waals surface area contributed by atoms with Gasteiger partial charge in [0.2, 0.25) is 5.91 Å². The zero-order chi connectivity index (χ0) is 14.5. The second kappa shape index (κ2) is 6.79. The van der Waals surface area contributed by atoms with Crippen LogP contribution in [-0.2, 0) is 9.59 Å². The monoisotopic (exact) mass is 293 g/mol. The van der Waals surface area contributed by atoms with E-state index in [-0.39, 0.29) is 17.7 Å². The molecule has 1 aromatic rings. The van der Waals surface area contributed by atoms with Gasteiger partial charge in [0.25, 0.3) is 0 Å². The Labute approximate surface area is 123 Å². The molecule has 0 spiro atoms. The number of carbonyl (C=O) groups excluding carboxylic acids is 1. The molecule has 0 radical (unpaired) electrons. The van der Waals surface area contributed by atoms with Crippen LogP contribution in [0.25, 0.3) is 0 Å². The SMILES string of the molecule is CSc1ccccc1NC(=O)C1CCCC(C(=O)O)C1. The molecule has 0 saturated heterocycles. The van der Waals surface area contributed by atoms with Crippen molar-refractivity contribution in [2.45, 2.75) is 30.6 Å². The summed E-state index contributed by atoms with van der Waals surface area (Å²) in [5, 5.41) is 12.0. The first-order valence-electron chi connectivity index (χ1n) is 6.78. The van der Waals surface area contributed by atoms with E-state index in [1.54, 1.807) is 11.8 Å². The maximum Gasteiger partial charge on any atom is 0.306 e. The van der Waals surface area contributed by atoms with E-state index in [1.807, 2.05) is 30.5 Å². The Kier molecular flexibility index (Phi) is 5.06. The van der Waals surface area contributed by atoms with Gasteiger partial charge in [0.15, 0.2) is 0 Å². The predicted molar refractivity (Wildman–Crippen MR) is 79.9 cm³/mol. The van der Waals surface area contributed by atoms with E-state index in [0.717, 1.165) is 23.4 Å². The van der Waals surface area contributed by atoms with Crippen LogP contribution in [0.1, 0.15) is 25.7 Å². The fraction of sp³-hybridized carbons (Fsp3) is 0.467. The third kappa shape index (κ3) is 3.54. The van der Waals surface area contributed by atoms with Gasteiger partial charge in [0.1, 0.15) is 0 Å². The number of para-hydroxylation sites is 1. The molecule has 0 heterocycles. The van der Waals surface area contributed by atoms with Crippen LogP contribution >= 0.6 is 11.8 Å². The minimum Gasteiger partial charge on any atom is -0.481 e. The third-order valence-electron chi connectivity index (χ3n) is 3.76. The molecule has 1 fully saturated rings. The molecule has 4 nitrogen and oxygen atoms in total. The number of thioether (sulfide) groups is 1. The van der Waals surface area contributed by atoms with Crippen molar-refractivity contribution in [3.63, 3.8) is 0 Å². The minimum absolute atomic E-state index is 0.0579. The average molecular weight is 293 g/mol. The van der Waals surface area contributed by atoms with Crippen LogP contribution in [0, 0.1) is 11.8 Å². The molecule has 2 N–H and O–H groups in total. The number of amides is 1. The van der Waals surface area contributed by atoms with Gasteiger partial charge >= 0.3 is 5.97 Å². The van der Waals surface area contributed by atoms with Crippen molar-refractivity contribution in [3.8, 4) is 0 Å². The van der Waals surface area contributed by atoms with E-state index in [4.69, 9.17) is 5.11 Å². The van der Waals surface area contributed by atoms with Crippen LogP contribution in [0.2, 0.25) is 0 Å². The van der Waals surface area contributed by atoms with Crippen LogP contribution in [0.3, 0.4) is 0 Å². The molecule has 0 aromatic heterocycles. The highest BCUT2D eigenvalue weighted by Gasteiger charge is 2.31. The summed E-state index contributed by atoms with van der Waals surface area (Å²) in [5.74, 6) is -1.42. The standard InChI is InChI=1S/C15H19NO3S/c1-20-13-8-3-2-7-12(13)16-14(17)10-5-4-6-11(9-10)15(18)19/h2-3,7-8,10-11H,4-6,9H2,1H3,(H,16,17)(H,18,19). The number of hydrogen-bond acceptors (Lipinski definition) is 3. The molecule has 1 aliphatic rings. The second-order valence-corrected chi connectivity index (χ2v) is 5.94. The van der Waals surface area contributed by atoms with E-state index >= 15 is 0 Å². The Morgan fingerprint density at radius 2 is 1.95 bits per heavy atom. The summed E-state index contributed by atoms with van der Waals surface area (Å²) >= 11 is 1.58. The lowest BCUT2D eigenvalue weighted by Crippen LogP contribution is -2.31. The van der Waals surface area contributed by atoms with Gasteiger partial charge in [-0.15, -0.1) is 11.8 Å². The Hall–Kier alpha value is -1.49. The number of anilines is 1. The maximum absolute atomic E-state index is 12.3. The number of carboxylic acids is 1. The highest BCUT2D eigenvalue weighted by Crippen LogP contribution is 2.31. The maximum atomic E-state index is 12.3. The Bertz CT molecular complexity index is 504. The van der Waals surface area contributed by atoms with Crippen molar-refractivity contribution in [2.24, 2.45) is 11.8 Å². The molecular formula is C15H19NO3S. The molecule has 2 unspecified atom stereocenters. The van der Waals surface area contributed by atoms with Crippen molar-refractivity contribution in [3.05, 3.63) is 24.3 Å². The second-order valence-electron chi connectivity index (χ2n) is 5.09. The van der Waals surface area contributed by atoms with Crippen LogP contribution in [0.5, 0.6) is 0 Å². The highest BCUT2D eigenvalue weighted by molar-refractivity contribution is 7.98. The molecule has 2 rings (SSSR count). The number of benzene rings is 1. The van der Waals surface area contributed by atoms with Gasteiger partial charge < -0.3 is 10.4 Å². The number of rotatable bonds is 4. The van der Waals surface area contributed by atoms with E-state index in [9.17, 15) is 9.59 Å². The topological polar surface area (TPSA) is 66.4 Å². The highest BCUT2D eigenvalue weighted by atomic mass is 32.2. The number of hydrogen-bond donors (Lipinski definition) is 2. The number of aliphatic carboxylic acids is 1. The fourth-order valence-electron chi connectivity index (χ4n) is 2.63. The first-order valence-corrected chi connectivity index (χ1v) is 8.01. The summed E-state index contributed by atoms with van der Waals surface area (Å²) in [6, 6.07) is 7.65. The molecule has 20 heavy (non-hydrogen) atoms.